The molecule has 1 aromatic carbocycles. The van der Waals surface area contributed by atoms with Crippen LogP contribution < -0.4 is 15.0 Å². The number of anilines is 2. The minimum atomic E-state index is -4.42. The van der Waals surface area contributed by atoms with Crippen molar-refractivity contribution >= 4 is 17.5 Å². The predicted molar refractivity (Wildman–Crippen MR) is 99.1 cm³/mol. The van der Waals surface area contributed by atoms with E-state index in [9.17, 15) is 18.0 Å². The summed E-state index contributed by atoms with van der Waals surface area (Å²) in [6, 6.07) is 6.83. The zero-order valence-electron chi connectivity index (χ0n) is 15.7. The van der Waals surface area contributed by atoms with Crippen LogP contribution in [0, 0.1) is 0 Å². The molecule has 0 saturated carbocycles. The smallest absolute Gasteiger partial charge is 0.405 e. The second kappa shape index (κ2) is 7.65. The van der Waals surface area contributed by atoms with E-state index in [4.69, 9.17) is 9.26 Å². The summed E-state index contributed by atoms with van der Waals surface area (Å²) in [6.45, 7) is -1.14. The van der Waals surface area contributed by atoms with Crippen molar-refractivity contribution in [3.8, 4) is 5.75 Å². The van der Waals surface area contributed by atoms with Gasteiger partial charge in [-0.25, -0.2) is 9.97 Å². The van der Waals surface area contributed by atoms with Crippen LogP contribution in [0.5, 0.6) is 5.75 Å². The highest BCUT2D eigenvalue weighted by molar-refractivity contribution is 6.01. The van der Waals surface area contributed by atoms with Crippen molar-refractivity contribution in [3.05, 3.63) is 59.7 Å². The van der Waals surface area contributed by atoms with Crippen LogP contribution in [-0.4, -0.2) is 40.9 Å². The van der Waals surface area contributed by atoms with Crippen LogP contribution in [0.3, 0.4) is 0 Å². The average Bonchev–Trinajstić information content (AvgIpc) is 3.26. The Balaban J connectivity index is 1.76. The van der Waals surface area contributed by atoms with Gasteiger partial charge in [0.2, 0.25) is 11.9 Å². The van der Waals surface area contributed by atoms with E-state index < -0.39 is 18.6 Å². The first-order chi connectivity index (χ1) is 14.4. The van der Waals surface area contributed by atoms with E-state index in [1.165, 1.54) is 30.7 Å². The Hall–Kier alpha value is -3.63. The number of amides is 1. The van der Waals surface area contributed by atoms with Gasteiger partial charge in [0.1, 0.15) is 30.2 Å². The van der Waals surface area contributed by atoms with Crippen LogP contribution in [0.15, 0.2) is 47.4 Å². The molecule has 11 heteroatoms. The van der Waals surface area contributed by atoms with Crippen LogP contribution in [0.4, 0.5) is 24.8 Å². The lowest BCUT2D eigenvalue weighted by Gasteiger charge is -2.32. The Morgan fingerprint density at radius 2 is 2.03 bits per heavy atom. The third kappa shape index (κ3) is 3.91. The van der Waals surface area contributed by atoms with E-state index in [0.717, 1.165) is 0 Å². The maximum absolute atomic E-state index is 13.3. The number of methoxy groups -OCH3 is 1. The molecule has 1 unspecified atom stereocenters. The Morgan fingerprint density at radius 1 is 1.27 bits per heavy atom. The first kappa shape index (κ1) is 19.7. The largest absolute Gasteiger partial charge is 0.497 e. The van der Waals surface area contributed by atoms with E-state index in [-0.39, 0.29) is 18.4 Å². The first-order valence-corrected chi connectivity index (χ1v) is 8.87. The van der Waals surface area contributed by atoms with Crippen molar-refractivity contribution in [2.24, 2.45) is 0 Å². The minimum absolute atomic E-state index is 0.140. The van der Waals surface area contributed by atoms with Gasteiger partial charge in [0.25, 0.3) is 0 Å². The van der Waals surface area contributed by atoms with Crippen LogP contribution in [0.25, 0.3) is 0 Å². The Bertz CT molecular complexity index is 1040. The number of nitrogens with one attached hydrogen (secondary N) is 1. The fourth-order valence-electron chi connectivity index (χ4n) is 3.23. The quantitative estimate of drug-likeness (QED) is 0.679. The summed E-state index contributed by atoms with van der Waals surface area (Å²) in [5.74, 6) is -0.746. The fourth-order valence-corrected chi connectivity index (χ4v) is 3.23. The number of carbonyl (C=O) groups is 1. The van der Waals surface area contributed by atoms with Crippen molar-refractivity contribution in [3.63, 3.8) is 0 Å². The van der Waals surface area contributed by atoms with Crippen molar-refractivity contribution < 1.29 is 27.2 Å². The number of carbonyl (C=O) groups excluding carboxylic acids is 1. The molecule has 1 N–H and O–H groups in total. The van der Waals surface area contributed by atoms with Gasteiger partial charge < -0.3 is 19.5 Å². The van der Waals surface area contributed by atoms with E-state index in [0.29, 0.717) is 28.3 Å². The number of hydrogen-bond acceptors (Lipinski definition) is 7. The maximum atomic E-state index is 13.3. The van der Waals surface area contributed by atoms with Crippen molar-refractivity contribution in [2.45, 2.75) is 18.6 Å². The predicted octanol–water partition coefficient (Wildman–Crippen LogP) is 3.13. The Kier molecular flexibility index (Phi) is 5.02. The lowest BCUT2D eigenvalue weighted by Crippen LogP contribution is -2.40. The highest BCUT2D eigenvalue weighted by atomic mass is 19.4. The highest BCUT2D eigenvalue weighted by Crippen LogP contribution is 2.36. The van der Waals surface area contributed by atoms with Gasteiger partial charge in [-0.1, -0.05) is 17.3 Å². The SMILES string of the molecule is COc1ccc(C2C(=O)N(c3cnoc3)Cc3cnc(NCC(F)(F)F)nc32)cc1. The summed E-state index contributed by atoms with van der Waals surface area (Å²) >= 11 is 0. The number of fused-ring (bicyclic) bond motifs is 1. The number of ether oxygens (including phenoxy) is 1. The number of nitrogens with zero attached hydrogens (tertiary/aromatic N) is 4. The lowest BCUT2D eigenvalue weighted by atomic mass is 9.88. The molecule has 1 atom stereocenters. The molecule has 1 amide bonds. The standard InChI is InChI=1S/C19H16F3N5O3/c1-29-14-4-2-11(3-5-14)15-16-12(6-23-18(26-16)24-10-19(20,21)22)8-27(17(15)28)13-7-25-30-9-13/h2-7,9,15H,8,10H2,1H3,(H,23,24,26). The van der Waals surface area contributed by atoms with Gasteiger partial charge in [-0.15, -0.1) is 0 Å². The molecule has 8 nitrogen and oxygen atoms in total. The number of aromatic nitrogens is 3. The van der Waals surface area contributed by atoms with Crippen molar-refractivity contribution in [2.75, 3.05) is 23.9 Å². The monoisotopic (exact) mass is 419 g/mol. The zero-order valence-corrected chi connectivity index (χ0v) is 15.7. The van der Waals surface area contributed by atoms with Crippen LogP contribution >= 0.6 is 0 Å². The van der Waals surface area contributed by atoms with Gasteiger partial charge in [-0.2, -0.15) is 13.2 Å². The van der Waals surface area contributed by atoms with Crippen molar-refractivity contribution in [1.82, 2.24) is 15.1 Å². The maximum Gasteiger partial charge on any atom is 0.405 e. The summed E-state index contributed by atoms with van der Waals surface area (Å²) in [6.07, 6.45) is -0.248. The van der Waals surface area contributed by atoms with E-state index >= 15 is 0 Å². The van der Waals surface area contributed by atoms with Gasteiger partial charge in [-0.05, 0) is 17.7 Å². The van der Waals surface area contributed by atoms with E-state index in [2.05, 4.69) is 20.4 Å². The molecule has 2 aromatic heterocycles. The van der Waals surface area contributed by atoms with Gasteiger partial charge in [0.05, 0.1) is 25.5 Å². The molecule has 0 spiro atoms. The molecule has 0 saturated heterocycles. The highest BCUT2D eigenvalue weighted by Gasteiger charge is 2.37. The third-order valence-corrected chi connectivity index (χ3v) is 4.64. The molecule has 0 bridgehead atoms. The van der Waals surface area contributed by atoms with Crippen LogP contribution in [0.1, 0.15) is 22.7 Å². The average molecular weight is 419 g/mol. The third-order valence-electron chi connectivity index (χ3n) is 4.64. The van der Waals surface area contributed by atoms with Gasteiger partial charge in [-0.3, -0.25) is 4.79 Å². The Labute approximate surface area is 168 Å². The normalized spacial score (nSPS) is 16.3. The molecule has 1 aliphatic heterocycles. The molecule has 0 radical (unpaired) electrons. The van der Waals surface area contributed by atoms with Crippen molar-refractivity contribution in [1.29, 1.82) is 0 Å². The van der Waals surface area contributed by atoms with E-state index in [1.807, 2.05) is 0 Å². The first-order valence-electron chi connectivity index (χ1n) is 8.87. The summed E-state index contributed by atoms with van der Waals surface area (Å²) in [4.78, 5) is 23.0. The molecule has 4 rings (SSSR count). The Morgan fingerprint density at radius 3 is 2.67 bits per heavy atom. The summed E-state index contributed by atoms with van der Waals surface area (Å²) in [5, 5.41) is 5.80. The minimum Gasteiger partial charge on any atom is -0.497 e. The second-order valence-electron chi connectivity index (χ2n) is 6.59. The van der Waals surface area contributed by atoms with Gasteiger partial charge in [0, 0.05) is 11.8 Å². The second-order valence-corrected chi connectivity index (χ2v) is 6.59. The molecule has 0 aliphatic carbocycles. The van der Waals surface area contributed by atoms with E-state index in [1.54, 1.807) is 24.3 Å². The summed E-state index contributed by atoms with van der Waals surface area (Å²) < 4.78 is 47.7. The number of benzene rings is 1. The molecular formula is C19H16F3N5O3. The van der Waals surface area contributed by atoms with Crippen LogP contribution in [-0.2, 0) is 11.3 Å². The zero-order chi connectivity index (χ0) is 21.3. The molecule has 30 heavy (non-hydrogen) atoms. The molecule has 1 aliphatic rings. The molecule has 3 heterocycles. The molecular weight excluding hydrogens is 403 g/mol. The number of hydrogen-bond donors (Lipinski definition) is 1. The molecule has 3 aromatic rings. The summed E-state index contributed by atoms with van der Waals surface area (Å²) in [7, 11) is 1.52. The lowest BCUT2D eigenvalue weighted by molar-refractivity contribution is -0.120. The number of halogens is 3. The van der Waals surface area contributed by atoms with Crippen LogP contribution in [0.2, 0.25) is 0 Å². The molecule has 156 valence electrons. The topological polar surface area (TPSA) is 93.4 Å². The summed E-state index contributed by atoms with van der Waals surface area (Å²) in [5.41, 5.74) is 2.03. The number of alkyl halides is 3. The number of rotatable bonds is 5. The fraction of sp³-hybridized carbons (Fsp3) is 0.263. The van der Waals surface area contributed by atoms with Gasteiger partial charge >= 0.3 is 6.18 Å². The van der Waals surface area contributed by atoms with Gasteiger partial charge in [0.15, 0.2) is 0 Å². The molecule has 0 fully saturated rings.